The lowest BCUT2D eigenvalue weighted by Crippen LogP contribution is -2.48. The van der Waals surface area contributed by atoms with Crippen LogP contribution >= 0.6 is 11.8 Å². The third-order valence-corrected chi connectivity index (χ3v) is 9.48. The van der Waals surface area contributed by atoms with Gasteiger partial charge in [-0.3, -0.25) is 8.98 Å². The Morgan fingerprint density at radius 2 is 1.88 bits per heavy atom. The molecule has 0 amide bonds. The van der Waals surface area contributed by atoms with Crippen molar-refractivity contribution in [2.24, 2.45) is 23.2 Å². The Hall–Kier alpha value is -1.38. The Bertz CT molecular complexity index is 947. The van der Waals surface area contributed by atoms with E-state index in [1.807, 2.05) is 12.3 Å². The first kappa shape index (κ1) is 24.7. The fourth-order valence-electron chi connectivity index (χ4n) is 6.71. The number of esters is 1. The molecular weight excluding hydrogens is 460 g/mol. The van der Waals surface area contributed by atoms with Crippen molar-refractivity contribution < 1.29 is 26.9 Å². The first-order valence-electron chi connectivity index (χ1n) is 12.0. The van der Waals surface area contributed by atoms with Crippen LogP contribution in [0.4, 0.5) is 0 Å². The van der Waals surface area contributed by atoms with E-state index in [2.05, 4.69) is 0 Å². The van der Waals surface area contributed by atoms with Crippen LogP contribution in [0.3, 0.4) is 0 Å². The molecule has 33 heavy (non-hydrogen) atoms. The summed E-state index contributed by atoms with van der Waals surface area (Å²) in [6, 6.07) is 8.82. The largest absolute Gasteiger partial charge is 0.453 e. The number of rotatable bonds is 8. The zero-order valence-electron chi connectivity index (χ0n) is 19.2. The Labute approximate surface area is 201 Å². The van der Waals surface area contributed by atoms with Gasteiger partial charge >= 0.3 is 5.97 Å². The van der Waals surface area contributed by atoms with Crippen molar-refractivity contribution in [3.05, 3.63) is 35.9 Å². The molecular formula is C25H34O6S2. The molecule has 0 aromatic heterocycles. The van der Waals surface area contributed by atoms with Crippen LogP contribution in [-0.4, -0.2) is 38.5 Å². The maximum Gasteiger partial charge on any atom is 0.337 e. The van der Waals surface area contributed by atoms with Crippen LogP contribution in [0.15, 0.2) is 30.3 Å². The van der Waals surface area contributed by atoms with Crippen molar-refractivity contribution in [2.75, 3.05) is 12.2 Å². The second-order valence-corrected chi connectivity index (χ2v) is 12.3. The summed E-state index contributed by atoms with van der Waals surface area (Å²) in [5.74, 6) is -0.379. The van der Waals surface area contributed by atoms with Crippen LogP contribution < -0.4 is 0 Å². The van der Waals surface area contributed by atoms with Crippen LogP contribution in [0.25, 0.3) is 0 Å². The molecule has 5 atom stereocenters. The highest BCUT2D eigenvalue weighted by Crippen LogP contribution is 2.60. The molecule has 6 nitrogen and oxygen atoms in total. The van der Waals surface area contributed by atoms with E-state index in [0.29, 0.717) is 30.7 Å². The Morgan fingerprint density at radius 3 is 2.61 bits per heavy atom. The van der Waals surface area contributed by atoms with Gasteiger partial charge in [0.1, 0.15) is 17.5 Å². The number of ketones is 1. The molecule has 3 fully saturated rings. The summed E-state index contributed by atoms with van der Waals surface area (Å²) in [7, 11) is -4.03. The summed E-state index contributed by atoms with van der Waals surface area (Å²) >= 11 is 1.35. The average molecular weight is 495 g/mol. The minimum Gasteiger partial charge on any atom is -0.453 e. The molecule has 0 spiro atoms. The average Bonchev–Trinajstić information content (AvgIpc) is 3.20. The number of carbonyl (C=O) groups excluding carboxylic acids is 2. The van der Waals surface area contributed by atoms with E-state index in [-0.39, 0.29) is 34.7 Å². The topological polar surface area (TPSA) is 86.7 Å². The van der Waals surface area contributed by atoms with E-state index < -0.39 is 22.2 Å². The molecule has 0 saturated heterocycles. The Kier molecular flexibility index (Phi) is 7.86. The number of carbonyl (C=O) groups is 2. The van der Waals surface area contributed by atoms with Crippen LogP contribution in [0, 0.1) is 23.2 Å². The van der Waals surface area contributed by atoms with E-state index in [0.717, 1.165) is 38.5 Å². The van der Waals surface area contributed by atoms with Crippen molar-refractivity contribution in [2.45, 2.75) is 69.6 Å². The van der Waals surface area contributed by atoms with Gasteiger partial charge in [0.2, 0.25) is 0 Å². The van der Waals surface area contributed by atoms with Crippen LogP contribution in [-0.2, 0) is 34.4 Å². The highest BCUT2D eigenvalue weighted by molar-refractivity contribution is 7.98. The van der Waals surface area contributed by atoms with Gasteiger partial charge in [-0.1, -0.05) is 43.2 Å². The van der Waals surface area contributed by atoms with Crippen LogP contribution in [0.2, 0.25) is 0 Å². The van der Waals surface area contributed by atoms with Gasteiger partial charge in [-0.2, -0.15) is 8.42 Å². The smallest absolute Gasteiger partial charge is 0.337 e. The lowest BCUT2D eigenvalue weighted by Gasteiger charge is -2.49. The molecule has 4 rings (SSSR count). The molecule has 0 heterocycles. The van der Waals surface area contributed by atoms with Gasteiger partial charge in [0, 0.05) is 18.8 Å². The van der Waals surface area contributed by atoms with E-state index in [4.69, 9.17) is 8.92 Å². The second-order valence-electron chi connectivity index (χ2n) is 9.91. The minimum absolute atomic E-state index is 0.0231. The summed E-state index contributed by atoms with van der Waals surface area (Å²) < 4.78 is 37.2. The maximum absolute atomic E-state index is 13.2. The minimum atomic E-state index is -4.03. The molecule has 3 aliphatic carbocycles. The molecule has 3 aliphatic rings. The molecule has 1 aromatic carbocycles. The van der Waals surface area contributed by atoms with Gasteiger partial charge in [0.25, 0.3) is 10.1 Å². The fraction of sp³-hybridized carbons (Fsp3) is 0.680. The number of hydrogen-bond acceptors (Lipinski definition) is 7. The molecule has 0 aliphatic heterocycles. The Balaban J connectivity index is 1.64. The lowest BCUT2D eigenvalue weighted by molar-refractivity contribution is -0.156. The van der Waals surface area contributed by atoms with Gasteiger partial charge in [-0.25, -0.2) is 4.79 Å². The first-order chi connectivity index (χ1) is 15.8. The van der Waals surface area contributed by atoms with Crippen molar-refractivity contribution >= 4 is 33.6 Å². The van der Waals surface area contributed by atoms with Crippen molar-refractivity contribution in [3.63, 3.8) is 0 Å². The lowest BCUT2D eigenvalue weighted by atomic mass is 9.56. The van der Waals surface area contributed by atoms with Crippen molar-refractivity contribution in [3.8, 4) is 0 Å². The summed E-state index contributed by atoms with van der Waals surface area (Å²) in [5, 5.41) is 0. The SMILES string of the molecule is CSCOC(=O)C(OS(=O)(=O)Cc1ccccc1)C1CCC(=O)CC23CCCC1C2CCC3. The summed E-state index contributed by atoms with van der Waals surface area (Å²) in [5.41, 5.74) is 0.629. The van der Waals surface area contributed by atoms with Crippen LogP contribution in [0.5, 0.6) is 0 Å². The van der Waals surface area contributed by atoms with E-state index >= 15 is 0 Å². The number of benzene rings is 1. The molecule has 3 saturated carbocycles. The normalized spacial score (nSPS) is 30.7. The summed E-state index contributed by atoms with van der Waals surface area (Å²) in [6.07, 6.45) is 8.27. The standard InChI is InChI=1S/C25H34O6S2/c1-32-17-30-24(27)23(31-33(28,29)16-18-7-3-2-4-8-18)21-12-11-19(26)15-25-13-5-9-20(21)22(25)10-6-14-25/h2-4,7-8,20-23H,5-6,9-17H2,1H3. The predicted molar refractivity (Wildman–Crippen MR) is 128 cm³/mol. The monoisotopic (exact) mass is 494 g/mol. The number of hydrogen-bond donors (Lipinski definition) is 0. The second kappa shape index (κ2) is 10.5. The highest BCUT2D eigenvalue weighted by Gasteiger charge is 2.54. The predicted octanol–water partition coefficient (Wildman–Crippen LogP) is 4.72. The zero-order valence-corrected chi connectivity index (χ0v) is 20.9. The van der Waals surface area contributed by atoms with Crippen LogP contribution in [0.1, 0.15) is 63.4 Å². The third-order valence-electron chi connectivity index (χ3n) is 7.94. The van der Waals surface area contributed by atoms with E-state index in [1.54, 1.807) is 24.3 Å². The maximum atomic E-state index is 13.2. The third kappa shape index (κ3) is 5.65. The van der Waals surface area contributed by atoms with Gasteiger partial charge in [0.15, 0.2) is 6.10 Å². The highest BCUT2D eigenvalue weighted by atomic mass is 32.2. The molecule has 0 N–H and O–H groups in total. The van der Waals surface area contributed by atoms with Gasteiger partial charge in [0.05, 0.1) is 0 Å². The number of ether oxygens (including phenoxy) is 1. The van der Waals surface area contributed by atoms with Gasteiger partial charge in [-0.15, -0.1) is 11.8 Å². The summed E-state index contributed by atoms with van der Waals surface area (Å²) in [6.45, 7) is 0. The summed E-state index contributed by atoms with van der Waals surface area (Å²) in [4.78, 5) is 26.0. The molecule has 8 heteroatoms. The van der Waals surface area contributed by atoms with Crippen molar-refractivity contribution in [1.29, 1.82) is 0 Å². The Morgan fingerprint density at radius 1 is 1.15 bits per heavy atom. The van der Waals surface area contributed by atoms with Crippen molar-refractivity contribution in [1.82, 2.24) is 0 Å². The number of thioether (sulfide) groups is 1. The van der Waals surface area contributed by atoms with E-state index in [1.165, 1.54) is 11.8 Å². The first-order valence-corrected chi connectivity index (χ1v) is 14.9. The molecule has 2 bridgehead atoms. The molecule has 1 aromatic rings. The molecule has 182 valence electrons. The zero-order chi connectivity index (χ0) is 23.5. The number of Topliss-reactive ketones (excluding diaryl/α,β-unsaturated/α-hetero) is 1. The van der Waals surface area contributed by atoms with Gasteiger partial charge < -0.3 is 4.74 Å². The molecule has 0 radical (unpaired) electrons. The molecule has 5 unspecified atom stereocenters. The fourth-order valence-corrected chi connectivity index (χ4v) is 8.15. The quantitative estimate of drug-likeness (QED) is 0.294. The van der Waals surface area contributed by atoms with E-state index in [9.17, 15) is 18.0 Å². The van der Waals surface area contributed by atoms with Gasteiger partial charge in [-0.05, 0) is 61.2 Å².